The minimum atomic E-state index is -2.81. The summed E-state index contributed by atoms with van der Waals surface area (Å²) in [5, 5.41) is 11.4. The standard InChI is InChI=1S/C26H28F2N2O5/c1-15-12-30(13-16(15)10-24(31)32)25(33)22(11-23(27)28)29-26(34)35-14-21-19-8-4-2-6-17(19)18-7-3-5-9-20(18)21/h2-9,15-16,21-23H,10-14H2,1H3,(H,29,34)(H,31,32)/t15-,16-,22?/m1/s1. The number of hydrogen-bond acceptors (Lipinski definition) is 4. The maximum absolute atomic E-state index is 13.2. The van der Waals surface area contributed by atoms with Crippen molar-refractivity contribution in [2.45, 2.75) is 38.2 Å². The summed E-state index contributed by atoms with van der Waals surface area (Å²) < 4.78 is 31.9. The first-order valence-electron chi connectivity index (χ1n) is 11.6. The van der Waals surface area contributed by atoms with E-state index in [0.717, 1.165) is 22.3 Å². The molecule has 0 spiro atoms. The molecular formula is C26H28F2N2O5. The zero-order valence-corrected chi connectivity index (χ0v) is 19.3. The lowest BCUT2D eigenvalue weighted by molar-refractivity contribution is -0.139. The Kier molecular flexibility index (Phi) is 7.33. The number of fused-ring (bicyclic) bond motifs is 3. The van der Waals surface area contributed by atoms with Crippen LogP contribution in [0.2, 0.25) is 0 Å². The highest BCUT2D eigenvalue weighted by Gasteiger charge is 2.38. The van der Waals surface area contributed by atoms with E-state index in [1.54, 1.807) is 0 Å². The van der Waals surface area contributed by atoms with Crippen LogP contribution in [-0.2, 0) is 14.3 Å². The van der Waals surface area contributed by atoms with Crippen LogP contribution in [0.1, 0.15) is 36.8 Å². The Morgan fingerprint density at radius 1 is 1.06 bits per heavy atom. The number of ether oxygens (including phenoxy) is 1. The maximum atomic E-state index is 13.2. The Labute approximate surface area is 202 Å². The van der Waals surface area contributed by atoms with Gasteiger partial charge in [-0.1, -0.05) is 55.5 Å². The number of carbonyl (C=O) groups excluding carboxylic acids is 2. The number of carbonyl (C=O) groups is 3. The molecule has 4 rings (SSSR count). The number of carboxylic acids is 1. The van der Waals surface area contributed by atoms with Gasteiger partial charge in [-0.25, -0.2) is 13.6 Å². The molecule has 9 heteroatoms. The number of rotatable bonds is 8. The minimum absolute atomic E-state index is 0.00309. The van der Waals surface area contributed by atoms with Gasteiger partial charge in [0.2, 0.25) is 12.3 Å². The number of nitrogens with zero attached hydrogens (tertiary/aromatic N) is 1. The number of alkyl carbamates (subject to hydrolysis) is 1. The molecule has 1 saturated heterocycles. The Bertz CT molecular complexity index is 1060. The van der Waals surface area contributed by atoms with Gasteiger partial charge in [-0.2, -0.15) is 0 Å². The molecule has 1 aliphatic carbocycles. The van der Waals surface area contributed by atoms with E-state index in [1.807, 2.05) is 55.5 Å². The van der Waals surface area contributed by atoms with Crippen LogP contribution in [-0.4, -0.2) is 60.1 Å². The van der Waals surface area contributed by atoms with Crippen molar-refractivity contribution in [3.63, 3.8) is 0 Å². The molecule has 2 aliphatic rings. The van der Waals surface area contributed by atoms with Crippen molar-refractivity contribution < 1.29 is 33.0 Å². The van der Waals surface area contributed by atoms with E-state index in [-0.39, 0.29) is 43.9 Å². The molecule has 186 valence electrons. The van der Waals surface area contributed by atoms with Gasteiger partial charge in [-0.3, -0.25) is 9.59 Å². The van der Waals surface area contributed by atoms with Crippen molar-refractivity contribution in [2.24, 2.45) is 11.8 Å². The zero-order chi connectivity index (χ0) is 25.1. The molecular weight excluding hydrogens is 458 g/mol. The number of aliphatic carboxylic acids is 1. The van der Waals surface area contributed by atoms with Crippen molar-refractivity contribution >= 4 is 18.0 Å². The number of nitrogens with one attached hydrogen (secondary N) is 1. The summed E-state index contributed by atoms with van der Waals surface area (Å²) in [7, 11) is 0. The lowest BCUT2D eigenvalue weighted by Gasteiger charge is -2.24. The maximum Gasteiger partial charge on any atom is 0.407 e. The van der Waals surface area contributed by atoms with Gasteiger partial charge in [0, 0.05) is 25.4 Å². The largest absolute Gasteiger partial charge is 0.481 e. The normalized spacial score (nSPS) is 19.8. The van der Waals surface area contributed by atoms with E-state index >= 15 is 0 Å². The van der Waals surface area contributed by atoms with Gasteiger partial charge in [-0.15, -0.1) is 0 Å². The molecule has 2 aromatic carbocycles. The third kappa shape index (κ3) is 5.44. The van der Waals surface area contributed by atoms with Crippen molar-refractivity contribution in [3.8, 4) is 11.1 Å². The number of alkyl halides is 2. The molecule has 35 heavy (non-hydrogen) atoms. The van der Waals surface area contributed by atoms with E-state index < -0.39 is 36.9 Å². The van der Waals surface area contributed by atoms with Gasteiger partial charge in [-0.05, 0) is 34.1 Å². The monoisotopic (exact) mass is 486 g/mol. The lowest BCUT2D eigenvalue weighted by Crippen LogP contribution is -2.49. The Morgan fingerprint density at radius 2 is 1.66 bits per heavy atom. The highest BCUT2D eigenvalue weighted by atomic mass is 19.3. The molecule has 0 bridgehead atoms. The molecule has 1 unspecified atom stereocenters. The summed E-state index contributed by atoms with van der Waals surface area (Å²) in [6.07, 6.45) is -4.71. The van der Waals surface area contributed by atoms with Gasteiger partial charge in [0.05, 0.1) is 6.42 Å². The average molecular weight is 487 g/mol. The fourth-order valence-electron chi connectivity index (χ4n) is 5.11. The first-order chi connectivity index (χ1) is 16.7. The molecule has 1 fully saturated rings. The number of halogens is 2. The van der Waals surface area contributed by atoms with Crippen LogP contribution in [0.3, 0.4) is 0 Å². The van der Waals surface area contributed by atoms with Gasteiger partial charge in [0.25, 0.3) is 0 Å². The fourth-order valence-corrected chi connectivity index (χ4v) is 5.11. The molecule has 0 radical (unpaired) electrons. The van der Waals surface area contributed by atoms with Crippen LogP contribution in [0.25, 0.3) is 11.1 Å². The highest BCUT2D eigenvalue weighted by Crippen LogP contribution is 2.44. The SMILES string of the molecule is C[C@@H]1CN(C(=O)C(CC(F)F)NC(=O)OCC2c3ccccc3-c3ccccc32)C[C@H]1CC(=O)O. The average Bonchev–Trinajstić information content (AvgIpc) is 3.33. The van der Waals surface area contributed by atoms with Crippen LogP contribution in [0.4, 0.5) is 13.6 Å². The first-order valence-corrected chi connectivity index (χ1v) is 11.6. The van der Waals surface area contributed by atoms with Gasteiger partial charge in [0.15, 0.2) is 0 Å². The summed E-state index contributed by atoms with van der Waals surface area (Å²) in [4.78, 5) is 38.0. The molecule has 3 atom stereocenters. The summed E-state index contributed by atoms with van der Waals surface area (Å²) in [5.74, 6) is -2.18. The Morgan fingerprint density at radius 3 is 2.23 bits per heavy atom. The van der Waals surface area contributed by atoms with E-state index in [0.29, 0.717) is 0 Å². The third-order valence-electron chi connectivity index (χ3n) is 6.86. The molecule has 0 aromatic heterocycles. The van der Waals surface area contributed by atoms with Crippen molar-refractivity contribution in [1.82, 2.24) is 10.2 Å². The summed E-state index contributed by atoms with van der Waals surface area (Å²) in [5.41, 5.74) is 4.14. The zero-order valence-electron chi connectivity index (χ0n) is 19.3. The molecule has 0 saturated carbocycles. The van der Waals surface area contributed by atoms with Gasteiger partial charge in [0.1, 0.15) is 12.6 Å². The second-order valence-electron chi connectivity index (χ2n) is 9.23. The van der Waals surface area contributed by atoms with Gasteiger partial charge >= 0.3 is 12.1 Å². The Hall–Kier alpha value is -3.49. The topological polar surface area (TPSA) is 95.9 Å². The van der Waals surface area contributed by atoms with Gasteiger partial charge < -0.3 is 20.1 Å². The second kappa shape index (κ2) is 10.4. The predicted molar refractivity (Wildman–Crippen MR) is 124 cm³/mol. The van der Waals surface area contributed by atoms with E-state index in [1.165, 1.54) is 4.90 Å². The second-order valence-corrected chi connectivity index (χ2v) is 9.23. The lowest BCUT2D eigenvalue weighted by atomic mass is 9.95. The van der Waals surface area contributed by atoms with Crippen LogP contribution >= 0.6 is 0 Å². The van der Waals surface area contributed by atoms with E-state index in [9.17, 15) is 23.2 Å². The molecule has 1 aliphatic heterocycles. The number of benzene rings is 2. The number of carboxylic acid groups (broad SMARTS) is 1. The van der Waals surface area contributed by atoms with Crippen LogP contribution < -0.4 is 5.32 Å². The van der Waals surface area contributed by atoms with E-state index in [2.05, 4.69) is 5.32 Å². The van der Waals surface area contributed by atoms with E-state index in [4.69, 9.17) is 9.84 Å². The van der Waals surface area contributed by atoms with Crippen molar-refractivity contribution in [1.29, 1.82) is 0 Å². The molecule has 2 aromatic rings. The number of hydrogen-bond donors (Lipinski definition) is 2. The molecule has 1 heterocycles. The predicted octanol–water partition coefficient (Wildman–Crippen LogP) is 4.12. The summed E-state index contributed by atoms with van der Waals surface area (Å²) in [6.45, 7) is 2.22. The van der Waals surface area contributed by atoms with Crippen molar-refractivity contribution in [2.75, 3.05) is 19.7 Å². The number of likely N-dealkylation sites (tertiary alicyclic amines) is 1. The molecule has 2 N–H and O–H groups in total. The molecule has 7 nitrogen and oxygen atoms in total. The van der Waals surface area contributed by atoms with Crippen LogP contribution in [0.15, 0.2) is 48.5 Å². The summed E-state index contributed by atoms with van der Waals surface area (Å²) in [6, 6.07) is 14.2. The quantitative estimate of drug-likeness (QED) is 0.585. The number of amides is 2. The Balaban J connectivity index is 1.41. The third-order valence-corrected chi connectivity index (χ3v) is 6.86. The fraction of sp³-hybridized carbons (Fsp3) is 0.423. The van der Waals surface area contributed by atoms with Crippen molar-refractivity contribution in [3.05, 3.63) is 59.7 Å². The van der Waals surface area contributed by atoms with Crippen LogP contribution in [0.5, 0.6) is 0 Å². The minimum Gasteiger partial charge on any atom is -0.481 e. The molecule has 2 amide bonds. The first kappa shape index (κ1) is 24.6. The summed E-state index contributed by atoms with van der Waals surface area (Å²) >= 11 is 0. The smallest absolute Gasteiger partial charge is 0.407 e. The van der Waals surface area contributed by atoms with Crippen LogP contribution in [0, 0.1) is 11.8 Å². The highest BCUT2D eigenvalue weighted by molar-refractivity contribution is 5.86.